The normalized spacial score (nSPS) is 16.6. The predicted octanol–water partition coefficient (Wildman–Crippen LogP) is 5.66. The molecule has 5 aromatic rings. The molecule has 2 aliphatic heterocycles. The molecule has 8 nitrogen and oxygen atoms in total. The van der Waals surface area contributed by atoms with Crippen molar-refractivity contribution in [2.75, 3.05) is 43.0 Å². The van der Waals surface area contributed by atoms with Gasteiger partial charge in [0.2, 0.25) is 5.95 Å². The summed E-state index contributed by atoms with van der Waals surface area (Å²) in [5.74, 6) is 6.18. The lowest BCUT2D eigenvalue weighted by Crippen LogP contribution is -2.43. The predicted molar refractivity (Wildman–Crippen MR) is 176 cm³/mol. The number of hydrogen-bond acceptors (Lipinski definition) is 7. The summed E-state index contributed by atoms with van der Waals surface area (Å²) in [6.45, 7) is 3.82. The van der Waals surface area contributed by atoms with Gasteiger partial charge in [-0.3, -0.25) is 9.36 Å². The van der Waals surface area contributed by atoms with Gasteiger partial charge < -0.3 is 20.3 Å². The van der Waals surface area contributed by atoms with Crippen LogP contribution in [-0.2, 0) is 4.74 Å². The van der Waals surface area contributed by atoms with Crippen molar-refractivity contribution < 1.29 is 9.13 Å². The summed E-state index contributed by atoms with van der Waals surface area (Å²) in [7, 11) is 0. The van der Waals surface area contributed by atoms with Crippen molar-refractivity contribution in [2.45, 2.75) is 25.4 Å². The van der Waals surface area contributed by atoms with Crippen molar-refractivity contribution in [3.63, 3.8) is 0 Å². The highest BCUT2D eigenvalue weighted by molar-refractivity contribution is 5.80. The van der Waals surface area contributed by atoms with Gasteiger partial charge in [-0.2, -0.15) is 4.98 Å². The molecule has 1 unspecified atom stereocenters. The molecule has 9 heteroatoms. The van der Waals surface area contributed by atoms with Crippen molar-refractivity contribution in [1.82, 2.24) is 19.9 Å². The maximum atomic E-state index is 15.1. The van der Waals surface area contributed by atoms with E-state index in [2.05, 4.69) is 27.5 Å². The third-order valence-electron chi connectivity index (χ3n) is 8.16. The molecule has 1 atom stereocenters. The Bertz CT molecular complexity index is 1950. The van der Waals surface area contributed by atoms with E-state index in [1.54, 1.807) is 22.9 Å². The maximum absolute atomic E-state index is 15.1. The number of fused-ring (bicyclic) bond motifs is 1. The van der Waals surface area contributed by atoms with Crippen molar-refractivity contribution in [2.24, 2.45) is 0 Å². The Balaban J connectivity index is 1.29. The van der Waals surface area contributed by atoms with Gasteiger partial charge >= 0.3 is 0 Å². The summed E-state index contributed by atoms with van der Waals surface area (Å²) < 4.78 is 22.5. The van der Waals surface area contributed by atoms with E-state index in [0.29, 0.717) is 40.3 Å². The molecule has 226 valence electrons. The van der Waals surface area contributed by atoms with E-state index in [0.717, 1.165) is 56.6 Å². The summed E-state index contributed by atoms with van der Waals surface area (Å²) >= 11 is 0. The van der Waals surface area contributed by atoms with Crippen LogP contribution in [0.5, 0.6) is 0 Å². The number of rotatable bonds is 5. The van der Waals surface area contributed by atoms with Crippen molar-refractivity contribution in [1.29, 1.82) is 0 Å². The molecular weight excluding hydrogens is 567 g/mol. The molecule has 45 heavy (non-hydrogen) atoms. The van der Waals surface area contributed by atoms with Gasteiger partial charge in [0, 0.05) is 50.1 Å². The van der Waals surface area contributed by atoms with Crippen LogP contribution < -0.4 is 21.1 Å². The molecular formula is C36H33FN6O2. The second-order valence-electron chi connectivity index (χ2n) is 11.2. The van der Waals surface area contributed by atoms with Crippen LogP contribution in [0.2, 0.25) is 0 Å². The zero-order valence-electron chi connectivity index (χ0n) is 24.8. The molecule has 2 N–H and O–H groups in total. The van der Waals surface area contributed by atoms with Gasteiger partial charge in [-0.25, -0.2) is 9.37 Å². The first-order valence-corrected chi connectivity index (χ1v) is 15.4. The minimum atomic E-state index is -0.317. The third-order valence-corrected chi connectivity index (χ3v) is 8.16. The van der Waals surface area contributed by atoms with E-state index in [1.807, 2.05) is 65.6 Å². The molecule has 0 saturated carbocycles. The highest BCUT2D eigenvalue weighted by atomic mass is 19.1. The number of aromatic nitrogens is 3. The lowest BCUT2D eigenvalue weighted by Gasteiger charge is -2.29. The molecule has 0 aliphatic carbocycles. The second kappa shape index (κ2) is 12.9. The summed E-state index contributed by atoms with van der Waals surface area (Å²) in [5, 5.41) is 7.07. The van der Waals surface area contributed by atoms with Crippen LogP contribution in [0.25, 0.3) is 27.8 Å². The lowest BCUT2D eigenvalue weighted by atomic mass is 10.0. The fourth-order valence-electron chi connectivity index (χ4n) is 5.83. The Hall–Kier alpha value is -5.04. The van der Waals surface area contributed by atoms with Gasteiger partial charge in [-0.05, 0) is 66.8 Å². The van der Waals surface area contributed by atoms with Gasteiger partial charge in [-0.15, -0.1) is 0 Å². The highest BCUT2D eigenvalue weighted by Gasteiger charge is 2.17. The zero-order chi connectivity index (χ0) is 30.6. The monoisotopic (exact) mass is 600 g/mol. The number of pyridine rings is 1. The van der Waals surface area contributed by atoms with Gasteiger partial charge in [0.15, 0.2) is 5.65 Å². The number of hydrogen-bond donors (Lipinski definition) is 2. The standard InChI is InChI=1S/C36H33FN6O2/c37-32-23-29(13-15-33(32)42-18-16-38-17-19-42)40-36-39-24-28-21-27(12-14-31-11-4-5-20-45-31)35(44)43(34(28)41-36)30-10-6-9-26(22-30)25-7-2-1-3-8-25/h1-3,6-10,13,15,21-24,31,38H,4-5,11,16-20H2,(H,39,40,41). The van der Waals surface area contributed by atoms with Crippen LogP contribution in [0, 0.1) is 17.7 Å². The van der Waals surface area contributed by atoms with Gasteiger partial charge in [0.05, 0.1) is 16.9 Å². The number of piperazine rings is 1. The van der Waals surface area contributed by atoms with E-state index in [1.165, 1.54) is 6.07 Å². The first-order valence-electron chi connectivity index (χ1n) is 15.4. The minimum absolute atomic E-state index is 0.190. The molecule has 3 aromatic carbocycles. The minimum Gasteiger partial charge on any atom is -0.367 e. The Labute approximate surface area is 260 Å². The van der Waals surface area contributed by atoms with Crippen molar-refractivity contribution >= 4 is 28.4 Å². The summed E-state index contributed by atoms with van der Waals surface area (Å²) in [4.78, 5) is 25.4. The smallest absolute Gasteiger partial charge is 0.272 e. The van der Waals surface area contributed by atoms with Gasteiger partial charge in [0.1, 0.15) is 11.9 Å². The number of ether oxygens (including phenoxy) is 1. The number of nitrogens with one attached hydrogen (secondary N) is 2. The van der Waals surface area contributed by atoms with E-state index in [9.17, 15) is 4.79 Å². The van der Waals surface area contributed by atoms with Gasteiger partial charge in [0.25, 0.3) is 5.56 Å². The summed E-state index contributed by atoms with van der Waals surface area (Å²) in [5.41, 5.74) is 4.21. The Morgan fingerprint density at radius 1 is 0.956 bits per heavy atom. The van der Waals surface area contributed by atoms with Crippen LogP contribution in [0.1, 0.15) is 24.8 Å². The van der Waals surface area contributed by atoms with E-state index in [4.69, 9.17) is 9.72 Å². The second-order valence-corrected chi connectivity index (χ2v) is 11.2. The fraction of sp³-hybridized carbons (Fsp3) is 0.250. The van der Waals surface area contributed by atoms with Crippen LogP contribution >= 0.6 is 0 Å². The van der Waals surface area contributed by atoms with Crippen molar-refractivity contribution in [3.05, 3.63) is 107 Å². The van der Waals surface area contributed by atoms with Crippen LogP contribution in [0.3, 0.4) is 0 Å². The molecule has 2 fully saturated rings. The Morgan fingerprint density at radius 3 is 2.60 bits per heavy atom. The first-order chi connectivity index (χ1) is 22.1. The molecule has 2 aromatic heterocycles. The van der Waals surface area contributed by atoms with E-state index >= 15 is 4.39 Å². The zero-order valence-corrected chi connectivity index (χ0v) is 24.8. The quantitative estimate of drug-likeness (QED) is 0.252. The average molecular weight is 601 g/mol. The fourth-order valence-corrected chi connectivity index (χ4v) is 5.83. The number of halogens is 1. The van der Waals surface area contributed by atoms with Crippen molar-refractivity contribution in [3.8, 4) is 28.7 Å². The summed E-state index contributed by atoms with van der Waals surface area (Å²) in [6.07, 6.45) is 4.40. The Morgan fingerprint density at radius 2 is 1.80 bits per heavy atom. The number of nitrogens with zero attached hydrogens (tertiary/aromatic N) is 4. The molecule has 0 amide bonds. The molecule has 0 radical (unpaired) electrons. The number of benzene rings is 3. The number of anilines is 3. The molecule has 4 heterocycles. The summed E-state index contributed by atoms with van der Waals surface area (Å²) in [6, 6.07) is 24.6. The molecule has 7 rings (SSSR count). The Kier molecular flexibility index (Phi) is 8.23. The molecule has 0 bridgehead atoms. The maximum Gasteiger partial charge on any atom is 0.272 e. The largest absolute Gasteiger partial charge is 0.367 e. The average Bonchev–Trinajstić information content (AvgIpc) is 3.09. The highest BCUT2D eigenvalue weighted by Crippen LogP contribution is 2.27. The SMILES string of the molecule is O=c1c(C#CC2CCCCO2)cc2cnc(Nc3ccc(N4CCNCC4)c(F)c3)nc2n1-c1cccc(-c2ccccc2)c1. The van der Waals surface area contributed by atoms with Crippen LogP contribution in [-0.4, -0.2) is 53.4 Å². The first kappa shape index (κ1) is 28.7. The van der Waals surface area contributed by atoms with E-state index in [-0.39, 0.29) is 23.4 Å². The van der Waals surface area contributed by atoms with Crippen LogP contribution in [0.4, 0.5) is 21.7 Å². The lowest BCUT2D eigenvalue weighted by molar-refractivity contribution is 0.0526. The van der Waals surface area contributed by atoms with Gasteiger partial charge in [-0.1, -0.05) is 54.3 Å². The molecule has 2 saturated heterocycles. The van der Waals surface area contributed by atoms with Crippen LogP contribution in [0.15, 0.2) is 89.9 Å². The third kappa shape index (κ3) is 6.29. The molecule has 0 spiro atoms. The topological polar surface area (TPSA) is 84.3 Å². The molecule has 2 aliphatic rings. The van der Waals surface area contributed by atoms with E-state index < -0.39 is 0 Å².